The van der Waals surface area contributed by atoms with Crippen LogP contribution >= 0.6 is 11.3 Å². The predicted molar refractivity (Wildman–Crippen MR) is 93.1 cm³/mol. The largest absolute Gasteiger partial charge is 0.378 e. The summed E-state index contributed by atoms with van der Waals surface area (Å²) in [4.78, 5) is 8.37. The molecule has 3 rings (SSSR count). The van der Waals surface area contributed by atoms with E-state index in [1.54, 1.807) is 11.3 Å². The Balaban J connectivity index is 1.54. The molecule has 0 unspecified atom stereocenters. The second-order valence-corrected chi connectivity index (χ2v) is 7.19. The van der Waals surface area contributed by atoms with Crippen molar-refractivity contribution in [3.63, 3.8) is 0 Å². The van der Waals surface area contributed by atoms with Crippen molar-refractivity contribution in [2.75, 3.05) is 31.2 Å². The highest BCUT2D eigenvalue weighted by Gasteiger charge is 2.17. The molecule has 1 N–H and O–H groups in total. The van der Waals surface area contributed by atoms with Gasteiger partial charge >= 0.3 is 0 Å². The van der Waals surface area contributed by atoms with E-state index in [1.807, 2.05) is 10.9 Å². The molecule has 1 fully saturated rings. The molecule has 1 atom stereocenters. The first-order chi connectivity index (χ1) is 11.1. The predicted octanol–water partition coefficient (Wildman–Crippen LogP) is 1.97. The van der Waals surface area contributed by atoms with E-state index < -0.39 is 0 Å². The van der Waals surface area contributed by atoms with Crippen LogP contribution in [0.2, 0.25) is 0 Å². The van der Waals surface area contributed by atoms with E-state index in [4.69, 9.17) is 9.72 Å². The van der Waals surface area contributed by atoms with Crippen molar-refractivity contribution in [1.29, 1.82) is 0 Å². The van der Waals surface area contributed by atoms with Crippen LogP contribution in [-0.2, 0) is 17.8 Å². The number of rotatable bonds is 6. The molecular formula is C16H25N5OS. The standard InChI is InChI=1S/C16H25N5OS/c1-12-8-18-21(10-12)11-13(2)17-9-15-14(3)19-16(23-15)20-4-6-22-7-5-20/h8,10,13,17H,4-7,9,11H2,1-3H3/t13-/m0/s1. The van der Waals surface area contributed by atoms with E-state index in [2.05, 4.69) is 42.3 Å². The van der Waals surface area contributed by atoms with Crippen LogP contribution in [0.25, 0.3) is 0 Å². The number of nitrogens with one attached hydrogen (secondary N) is 1. The van der Waals surface area contributed by atoms with Gasteiger partial charge in [0, 0.05) is 36.8 Å². The smallest absolute Gasteiger partial charge is 0.185 e. The molecule has 1 aliphatic rings. The SMILES string of the molecule is Cc1cnn(C[C@H](C)NCc2sc(N3CCOCC3)nc2C)c1. The van der Waals surface area contributed by atoms with Crippen LogP contribution in [0.15, 0.2) is 12.4 Å². The van der Waals surface area contributed by atoms with Crippen LogP contribution < -0.4 is 10.2 Å². The zero-order chi connectivity index (χ0) is 16.2. The van der Waals surface area contributed by atoms with E-state index in [-0.39, 0.29) is 0 Å². The van der Waals surface area contributed by atoms with Crippen molar-refractivity contribution < 1.29 is 4.74 Å². The van der Waals surface area contributed by atoms with Gasteiger partial charge in [-0.15, -0.1) is 11.3 Å². The van der Waals surface area contributed by atoms with Gasteiger partial charge in [0.05, 0.1) is 31.6 Å². The fraction of sp³-hybridized carbons (Fsp3) is 0.625. The van der Waals surface area contributed by atoms with Gasteiger partial charge in [-0.25, -0.2) is 4.98 Å². The third-order valence-corrected chi connectivity index (χ3v) is 5.22. The van der Waals surface area contributed by atoms with Gasteiger partial charge in [0.25, 0.3) is 0 Å². The monoisotopic (exact) mass is 335 g/mol. The second kappa shape index (κ2) is 7.42. The van der Waals surface area contributed by atoms with Gasteiger partial charge < -0.3 is 15.0 Å². The summed E-state index contributed by atoms with van der Waals surface area (Å²) in [7, 11) is 0. The first-order valence-corrected chi connectivity index (χ1v) is 8.95. The molecule has 2 aromatic heterocycles. The van der Waals surface area contributed by atoms with Crippen molar-refractivity contribution in [2.24, 2.45) is 0 Å². The maximum atomic E-state index is 5.41. The normalized spacial score (nSPS) is 16.7. The van der Waals surface area contributed by atoms with Gasteiger partial charge in [-0.3, -0.25) is 4.68 Å². The van der Waals surface area contributed by atoms with Crippen molar-refractivity contribution >= 4 is 16.5 Å². The number of thiazole rings is 1. The number of aryl methyl sites for hydroxylation is 2. The lowest BCUT2D eigenvalue weighted by molar-refractivity contribution is 0.122. The maximum Gasteiger partial charge on any atom is 0.185 e. The number of ether oxygens (including phenoxy) is 1. The van der Waals surface area contributed by atoms with Gasteiger partial charge in [-0.05, 0) is 26.3 Å². The molecule has 23 heavy (non-hydrogen) atoms. The molecule has 1 aliphatic heterocycles. The fourth-order valence-corrected chi connectivity index (χ4v) is 3.71. The van der Waals surface area contributed by atoms with Gasteiger partial charge in [0.2, 0.25) is 0 Å². The maximum absolute atomic E-state index is 5.41. The quantitative estimate of drug-likeness (QED) is 0.875. The number of nitrogens with zero attached hydrogens (tertiary/aromatic N) is 4. The molecule has 0 amide bonds. The topological polar surface area (TPSA) is 55.2 Å². The van der Waals surface area contributed by atoms with Crippen molar-refractivity contribution in [3.8, 4) is 0 Å². The van der Waals surface area contributed by atoms with Crippen LogP contribution in [0, 0.1) is 13.8 Å². The Kier molecular flexibility index (Phi) is 5.30. The lowest BCUT2D eigenvalue weighted by Gasteiger charge is -2.26. The molecule has 0 bridgehead atoms. The second-order valence-electron chi connectivity index (χ2n) is 6.13. The molecule has 1 saturated heterocycles. The Labute approximate surface area is 141 Å². The molecule has 2 aromatic rings. The van der Waals surface area contributed by atoms with Gasteiger partial charge in [0.1, 0.15) is 0 Å². The molecule has 0 radical (unpaired) electrons. The Morgan fingerprint density at radius 2 is 2.13 bits per heavy atom. The van der Waals surface area contributed by atoms with Gasteiger partial charge in [-0.1, -0.05) is 0 Å². The van der Waals surface area contributed by atoms with Gasteiger partial charge in [-0.2, -0.15) is 5.10 Å². The Bertz CT molecular complexity index is 632. The van der Waals surface area contributed by atoms with E-state index in [1.165, 1.54) is 10.4 Å². The van der Waals surface area contributed by atoms with E-state index in [0.717, 1.165) is 50.2 Å². The summed E-state index contributed by atoms with van der Waals surface area (Å²) < 4.78 is 7.40. The third-order valence-electron chi connectivity index (χ3n) is 4.00. The number of anilines is 1. The summed E-state index contributed by atoms with van der Waals surface area (Å²) >= 11 is 1.79. The summed E-state index contributed by atoms with van der Waals surface area (Å²) in [5, 5.41) is 9.05. The molecular weight excluding hydrogens is 310 g/mol. The molecule has 6 nitrogen and oxygen atoms in total. The summed E-state index contributed by atoms with van der Waals surface area (Å²) in [6.07, 6.45) is 3.97. The van der Waals surface area contributed by atoms with Crippen molar-refractivity contribution in [3.05, 3.63) is 28.5 Å². The molecule has 3 heterocycles. The highest BCUT2D eigenvalue weighted by molar-refractivity contribution is 7.15. The van der Waals surface area contributed by atoms with E-state index in [0.29, 0.717) is 6.04 Å². The minimum Gasteiger partial charge on any atom is -0.378 e. The number of hydrogen-bond donors (Lipinski definition) is 1. The zero-order valence-corrected chi connectivity index (χ0v) is 14.9. The summed E-state index contributed by atoms with van der Waals surface area (Å²) in [5.41, 5.74) is 2.33. The van der Waals surface area contributed by atoms with Crippen molar-refractivity contribution in [1.82, 2.24) is 20.1 Å². The number of morpholine rings is 1. The summed E-state index contributed by atoms with van der Waals surface area (Å²) in [6.45, 7) is 11.6. The van der Waals surface area contributed by atoms with E-state index >= 15 is 0 Å². The van der Waals surface area contributed by atoms with Crippen molar-refractivity contribution in [2.45, 2.75) is 39.9 Å². The third kappa shape index (κ3) is 4.31. The van der Waals surface area contributed by atoms with Crippen LogP contribution in [0.3, 0.4) is 0 Å². The first kappa shape index (κ1) is 16.4. The Hall–Kier alpha value is -1.44. The number of aromatic nitrogens is 3. The summed E-state index contributed by atoms with van der Waals surface area (Å²) in [5.74, 6) is 0. The lowest BCUT2D eigenvalue weighted by atomic mass is 10.3. The molecule has 0 saturated carbocycles. The molecule has 0 aliphatic carbocycles. The average Bonchev–Trinajstić information content (AvgIpc) is 3.12. The molecule has 0 spiro atoms. The average molecular weight is 335 g/mol. The fourth-order valence-electron chi connectivity index (χ4n) is 2.65. The highest BCUT2D eigenvalue weighted by atomic mass is 32.1. The van der Waals surface area contributed by atoms with Gasteiger partial charge in [0.15, 0.2) is 5.13 Å². The van der Waals surface area contributed by atoms with Crippen LogP contribution in [0.5, 0.6) is 0 Å². The first-order valence-electron chi connectivity index (χ1n) is 8.13. The zero-order valence-electron chi connectivity index (χ0n) is 14.1. The lowest BCUT2D eigenvalue weighted by Crippen LogP contribution is -2.36. The minimum absolute atomic E-state index is 0.364. The Morgan fingerprint density at radius 3 is 2.83 bits per heavy atom. The van der Waals surface area contributed by atoms with Crippen LogP contribution in [0.1, 0.15) is 23.1 Å². The van der Waals surface area contributed by atoms with Crippen LogP contribution in [-0.4, -0.2) is 47.1 Å². The minimum atomic E-state index is 0.364. The molecule has 126 valence electrons. The Morgan fingerprint density at radius 1 is 1.35 bits per heavy atom. The molecule has 0 aromatic carbocycles. The van der Waals surface area contributed by atoms with Crippen LogP contribution in [0.4, 0.5) is 5.13 Å². The summed E-state index contributed by atoms with van der Waals surface area (Å²) in [6, 6.07) is 0.364. The number of hydrogen-bond acceptors (Lipinski definition) is 6. The van der Waals surface area contributed by atoms with E-state index in [9.17, 15) is 0 Å². The highest BCUT2D eigenvalue weighted by Crippen LogP contribution is 2.26. The molecule has 7 heteroatoms.